The van der Waals surface area contributed by atoms with Crippen molar-refractivity contribution in [3.63, 3.8) is 0 Å². The van der Waals surface area contributed by atoms with Crippen LogP contribution in [0.5, 0.6) is 0 Å². The summed E-state index contributed by atoms with van der Waals surface area (Å²) in [4.78, 5) is 19.1. The number of halogens is 1. The quantitative estimate of drug-likeness (QED) is 0.342. The lowest BCUT2D eigenvalue weighted by Crippen LogP contribution is -2.63. The van der Waals surface area contributed by atoms with Crippen molar-refractivity contribution in [3.05, 3.63) is 66.2 Å². The van der Waals surface area contributed by atoms with Crippen LogP contribution in [-0.2, 0) is 18.9 Å². The first-order valence-electron chi connectivity index (χ1n) is 12.4. The first-order valence-corrected chi connectivity index (χ1v) is 12.8. The minimum atomic E-state index is 0.0199. The number of hydrogen-bond donors (Lipinski definition) is 1. The average molecular weight is 512 g/mol. The Hall–Kier alpha value is -3.91. The summed E-state index contributed by atoms with van der Waals surface area (Å²) in [5.41, 5.74) is 6.15. The maximum absolute atomic E-state index is 12.0. The molecule has 2 aromatic carbocycles. The summed E-state index contributed by atoms with van der Waals surface area (Å²) >= 11 is 6.56. The van der Waals surface area contributed by atoms with Crippen molar-refractivity contribution in [1.82, 2.24) is 34.4 Å². The van der Waals surface area contributed by atoms with Gasteiger partial charge in [0, 0.05) is 65.4 Å². The van der Waals surface area contributed by atoms with E-state index in [-0.39, 0.29) is 11.3 Å². The molecule has 7 rings (SSSR count). The number of nitrogens with zero attached hydrogens (tertiary/aromatic N) is 6. The SMILES string of the molecule is C=CC(=O)N1CC2(CC(c3nc(-c4ccc5c(cnn5C)c4)c(-c4cc(Cl)cc5[nH]ncc45)n3C)C2)C1. The van der Waals surface area contributed by atoms with E-state index in [4.69, 9.17) is 16.6 Å². The molecule has 186 valence electrons. The molecule has 0 radical (unpaired) electrons. The van der Waals surface area contributed by atoms with Crippen LogP contribution >= 0.6 is 11.6 Å². The molecule has 1 saturated heterocycles. The number of fused-ring (bicyclic) bond motifs is 2. The predicted molar refractivity (Wildman–Crippen MR) is 144 cm³/mol. The number of imidazole rings is 1. The summed E-state index contributed by atoms with van der Waals surface area (Å²) in [5, 5.41) is 14.5. The second-order valence-electron chi connectivity index (χ2n) is 10.6. The van der Waals surface area contributed by atoms with E-state index in [2.05, 4.69) is 51.7 Å². The van der Waals surface area contributed by atoms with Crippen LogP contribution in [0.2, 0.25) is 5.02 Å². The normalized spacial score (nSPS) is 16.9. The molecule has 3 aromatic heterocycles. The van der Waals surface area contributed by atoms with E-state index < -0.39 is 0 Å². The topological polar surface area (TPSA) is 84.6 Å². The van der Waals surface area contributed by atoms with Crippen molar-refractivity contribution >= 4 is 39.3 Å². The molecule has 2 aliphatic rings. The van der Waals surface area contributed by atoms with Gasteiger partial charge >= 0.3 is 0 Å². The number of aryl methyl sites for hydroxylation is 1. The van der Waals surface area contributed by atoms with Gasteiger partial charge in [0.25, 0.3) is 0 Å². The fraction of sp³-hybridized carbons (Fsp3) is 0.286. The Morgan fingerprint density at radius 2 is 2.00 bits per heavy atom. The van der Waals surface area contributed by atoms with E-state index in [1.165, 1.54) is 6.08 Å². The molecule has 1 aliphatic heterocycles. The highest BCUT2D eigenvalue weighted by atomic mass is 35.5. The lowest BCUT2D eigenvalue weighted by Gasteiger charge is -2.58. The number of likely N-dealkylation sites (tertiary alicyclic amines) is 1. The van der Waals surface area contributed by atoms with E-state index in [0.717, 1.165) is 76.1 Å². The van der Waals surface area contributed by atoms with Crippen LogP contribution in [0.4, 0.5) is 0 Å². The minimum absolute atomic E-state index is 0.0199. The smallest absolute Gasteiger partial charge is 0.245 e. The molecular formula is C28H26ClN7O. The summed E-state index contributed by atoms with van der Waals surface area (Å²) in [6, 6.07) is 10.3. The van der Waals surface area contributed by atoms with E-state index in [1.54, 1.807) is 0 Å². The number of aromatic nitrogens is 6. The van der Waals surface area contributed by atoms with Gasteiger partial charge < -0.3 is 9.47 Å². The molecular weight excluding hydrogens is 486 g/mol. The molecule has 37 heavy (non-hydrogen) atoms. The van der Waals surface area contributed by atoms with Gasteiger partial charge in [0.15, 0.2) is 0 Å². The molecule has 0 atom stereocenters. The zero-order valence-electron chi connectivity index (χ0n) is 20.7. The van der Waals surface area contributed by atoms with Gasteiger partial charge in [-0.2, -0.15) is 10.2 Å². The van der Waals surface area contributed by atoms with Crippen LogP contribution in [0.15, 0.2) is 55.4 Å². The highest BCUT2D eigenvalue weighted by Crippen LogP contribution is 2.56. The standard InChI is InChI=1S/C28H26ClN7O/c1-4-24(37)36-14-28(15-36)10-18(11-28)27-32-25(16-5-6-23-17(7-16)12-31-35(23)3)26(34(27)2)20-8-19(29)9-22-21(20)13-30-33-22/h4-9,12-13,18H,1,10-11,14-15H2,2-3H3,(H,30,33). The van der Waals surface area contributed by atoms with Crippen LogP contribution in [0.3, 0.4) is 0 Å². The zero-order chi connectivity index (χ0) is 25.5. The highest BCUT2D eigenvalue weighted by Gasteiger charge is 2.54. The van der Waals surface area contributed by atoms with E-state index in [1.807, 2.05) is 41.2 Å². The largest absolute Gasteiger partial charge is 0.338 e. The van der Waals surface area contributed by atoms with Crippen molar-refractivity contribution in [3.8, 4) is 22.5 Å². The number of benzene rings is 2. The number of aromatic amines is 1. The maximum Gasteiger partial charge on any atom is 0.245 e. The summed E-state index contributed by atoms with van der Waals surface area (Å²) < 4.78 is 4.10. The number of carbonyl (C=O) groups excluding carboxylic acids is 1. The van der Waals surface area contributed by atoms with E-state index in [9.17, 15) is 4.79 Å². The summed E-state index contributed by atoms with van der Waals surface area (Å²) in [5.74, 6) is 1.41. The van der Waals surface area contributed by atoms with Gasteiger partial charge in [-0.05, 0) is 43.2 Å². The van der Waals surface area contributed by atoms with Crippen LogP contribution in [-0.4, -0.2) is 53.4 Å². The van der Waals surface area contributed by atoms with Crippen molar-refractivity contribution in [2.75, 3.05) is 13.1 Å². The molecule has 1 saturated carbocycles. The molecule has 0 unspecified atom stereocenters. The van der Waals surface area contributed by atoms with Crippen molar-refractivity contribution in [1.29, 1.82) is 0 Å². The minimum Gasteiger partial charge on any atom is -0.338 e. The number of nitrogens with one attached hydrogen (secondary N) is 1. The second kappa shape index (κ2) is 7.79. The van der Waals surface area contributed by atoms with Crippen molar-refractivity contribution in [2.24, 2.45) is 19.5 Å². The lowest BCUT2D eigenvalue weighted by molar-refractivity contribution is -0.146. The summed E-state index contributed by atoms with van der Waals surface area (Å²) in [7, 11) is 4.04. The van der Waals surface area contributed by atoms with Crippen LogP contribution in [0.25, 0.3) is 44.3 Å². The third-order valence-electron chi connectivity index (χ3n) is 8.19. The van der Waals surface area contributed by atoms with E-state index in [0.29, 0.717) is 10.9 Å². The molecule has 4 heterocycles. The van der Waals surface area contributed by atoms with Gasteiger partial charge in [-0.25, -0.2) is 4.98 Å². The van der Waals surface area contributed by atoms with Gasteiger partial charge in [0.1, 0.15) is 5.82 Å². The first kappa shape index (κ1) is 22.3. The van der Waals surface area contributed by atoms with Crippen LogP contribution < -0.4 is 0 Å². The van der Waals surface area contributed by atoms with Gasteiger partial charge in [-0.1, -0.05) is 24.2 Å². The van der Waals surface area contributed by atoms with Gasteiger partial charge in [-0.3, -0.25) is 14.6 Å². The molecule has 1 spiro atoms. The Labute approximate surface area is 218 Å². The Bertz CT molecular complexity index is 1730. The van der Waals surface area contributed by atoms with E-state index >= 15 is 0 Å². The fourth-order valence-electron chi connectivity index (χ4n) is 6.39. The number of amides is 1. The fourth-order valence-corrected chi connectivity index (χ4v) is 6.61. The molecule has 0 bridgehead atoms. The number of rotatable bonds is 4. The predicted octanol–water partition coefficient (Wildman–Crippen LogP) is 5.06. The van der Waals surface area contributed by atoms with Gasteiger partial charge in [-0.15, -0.1) is 0 Å². The first-order chi connectivity index (χ1) is 17.9. The molecule has 5 aromatic rings. The highest BCUT2D eigenvalue weighted by molar-refractivity contribution is 6.32. The molecule has 8 nitrogen and oxygen atoms in total. The van der Waals surface area contributed by atoms with Gasteiger partial charge in [0.05, 0.1) is 34.8 Å². The number of carbonyl (C=O) groups is 1. The summed E-state index contributed by atoms with van der Waals surface area (Å²) in [6.07, 6.45) is 7.19. The average Bonchev–Trinajstić information content (AvgIpc) is 3.54. The zero-order valence-corrected chi connectivity index (χ0v) is 21.5. The molecule has 1 N–H and O–H groups in total. The Morgan fingerprint density at radius 3 is 2.78 bits per heavy atom. The third-order valence-corrected chi connectivity index (χ3v) is 8.41. The van der Waals surface area contributed by atoms with Crippen molar-refractivity contribution in [2.45, 2.75) is 18.8 Å². The second-order valence-corrected chi connectivity index (χ2v) is 11.0. The van der Waals surface area contributed by atoms with Crippen LogP contribution in [0, 0.1) is 5.41 Å². The Balaban J connectivity index is 1.34. The monoisotopic (exact) mass is 511 g/mol. The van der Waals surface area contributed by atoms with Gasteiger partial charge in [0.2, 0.25) is 5.91 Å². The van der Waals surface area contributed by atoms with Crippen LogP contribution in [0.1, 0.15) is 24.6 Å². The Kier molecular flexibility index (Phi) is 4.70. The maximum atomic E-state index is 12.0. The Morgan fingerprint density at radius 1 is 1.19 bits per heavy atom. The molecule has 1 aliphatic carbocycles. The number of hydrogen-bond acceptors (Lipinski definition) is 4. The molecule has 2 fully saturated rings. The summed E-state index contributed by atoms with van der Waals surface area (Å²) in [6.45, 7) is 5.23. The lowest BCUT2D eigenvalue weighted by atomic mass is 9.57. The van der Waals surface area contributed by atoms with Crippen molar-refractivity contribution < 1.29 is 4.79 Å². The third kappa shape index (κ3) is 3.28. The molecule has 1 amide bonds. The number of H-pyrrole nitrogens is 1. The molecule has 9 heteroatoms.